The first-order valence-corrected chi connectivity index (χ1v) is 8.66. The van der Waals surface area contributed by atoms with Gasteiger partial charge in [-0.25, -0.2) is 4.98 Å². The maximum atomic E-state index is 11.8. The van der Waals surface area contributed by atoms with Crippen LogP contribution in [-0.2, 0) is 11.2 Å². The number of hydrogen-bond donors (Lipinski definition) is 1. The van der Waals surface area contributed by atoms with Crippen molar-refractivity contribution in [1.82, 2.24) is 4.98 Å². The molecule has 0 unspecified atom stereocenters. The van der Waals surface area contributed by atoms with E-state index < -0.39 is 0 Å². The number of carbonyl (C=O) groups excluding carboxylic acids is 1. The molecular weight excluding hydrogens is 312 g/mol. The molecule has 2 aromatic carbocycles. The van der Waals surface area contributed by atoms with E-state index in [4.69, 9.17) is 4.42 Å². The molecule has 0 saturated heterocycles. The fourth-order valence-corrected chi connectivity index (χ4v) is 2.96. The smallest absolute Gasteiger partial charge is 0.224 e. The molecule has 0 aliphatic rings. The van der Waals surface area contributed by atoms with Gasteiger partial charge in [-0.2, -0.15) is 0 Å². The van der Waals surface area contributed by atoms with Gasteiger partial charge in [0.05, 0.1) is 0 Å². The lowest BCUT2D eigenvalue weighted by Gasteiger charge is -2.07. The van der Waals surface area contributed by atoms with Crippen molar-refractivity contribution in [1.29, 1.82) is 0 Å². The van der Waals surface area contributed by atoms with Crippen LogP contribution in [0.15, 0.2) is 40.8 Å². The van der Waals surface area contributed by atoms with E-state index in [1.807, 2.05) is 51.1 Å². The number of carbonyl (C=O) groups is 1. The lowest BCUT2D eigenvalue weighted by atomic mass is 10.1. The number of benzene rings is 2. The molecule has 25 heavy (non-hydrogen) atoms. The number of rotatable bonds is 5. The SMILES string of the molecule is Cc1cc(C)c2oc(Cc3ccc(NC(=O)CC(C)C)cc3)nc2c1. The molecular formula is C21H24N2O2. The molecule has 4 heteroatoms. The van der Waals surface area contributed by atoms with Crippen LogP contribution in [0.25, 0.3) is 11.1 Å². The van der Waals surface area contributed by atoms with Gasteiger partial charge in [-0.1, -0.05) is 32.0 Å². The third kappa shape index (κ3) is 4.27. The zero-order chi connectivity index (χ0) is 18.0. The Balaban J connectivity index is 1.71. The van der Waals surface area contributed by atoms with Crippen molar-refractivity contribution in [2.45, 2.75) is 40.5 Å². The molecule has 1 N–H and O–H groups in total. The maximum Gasteiger partial charge on any atom is 0.224 e. The van der Waals surface area contributed by atoms with E-state index in [0.29, 0.717) is 24.7 Å². The Kier molecular flexibility index (Phi) is 4.88. The summed E-state index contributed by atoms with van der Waals surface area (Å²) < 4.78 is 5.92. The van der Waals surface area contributed by atoms with Crippen molar-refractivity contribution in [3.63, 3.8) is 0 Å². The van der Waals surface area contributed by atoms with Crippen LogP contribution >= 0.6 is 0 Å². The fraction of sp³-hybridized carbons (Fsp3) is 0.333. The summed E-state index contributed by atoms with van der Waals surface area (Å²) >= 11 is 0. The lowest BCUT2D eigenvalue weighted by molar-refractivity contribution is -0.116. The number of nitrogens with one attached hydrogen (secondary N) is 1. The Morgan fingerprint density at radius 3 is 2.56 bits per heavy atom. The Hall–Kier alpha value is -2.62. The minimum absolute atomic E-state index is 0.0487. The van der Waals surface area contributed by atoms with Crippen LogP contribution in [0.5, 0.6) is 0 Å². The van der Waals surface area contributed by atoms with E-state index in [2.05, 4.69) is 23.3 Å². The number of anilines is 1. The number of aromatic nitrogens is 1. The van der Waals surface area contributed by atoms with Crippen LogP contribution in [0.3, 0.4) is 0 Å². The van der Waals surface area contributed by atoms with Crippen LogP contribution in [0, 0.1) is 19.8 Å². The monoisotopic (exact) mass is 336 g/mol. The lowest BCUT2D eigenvalue weighted by Crippen LogP contribution is -2.13. The number of hydrogen-bond acceptors (Lipinski definition) is 3. The molecule has 1 heterocycles. The Labute approximate surface area is 148 Å². The standard InChI is InChI=1S/C21H24N2O2/c1-13(2)9-19(24)22-17-7-5-16(6-8-17)12-20-23-18-11-14(3)10-15(4)21(18)25-20/h5-8,10-11,13H,9,12H2,1-4H3,(H,22,24). The van der Waals surface area contributed by atoms with Gasteiger partial charge in [-0.3, -0.25) is 4.79 Å². The Bertz CT molecular complexity index is 892. The summed E-state index contributed by atoms with van der Waals surface area (Å²) in [6.45, 7) is 8.17. The van der Waals surface area contributed by atoms with Gasteiger partial charge < -0.3 is 9.73 Å². The van der Waals surface area contributed by atoms with Crippen molar-refractivity contribution in [3.8, 4) is 0 Å². The largest absolute Gasteiger partial charge is 0.440 e. The normalized spacial score (nSPS) is 11.2. The molecule has 130 valence electrons. The summed E-state index contributed by atoms with van der Waals surface area (Å²) in [7, 11) is 0. The summed E-state index contributed by atoms with van der Waals surface area (Å²) in [5, 5.41) is 2.92. The second-order valence-electron chi connectivity index (χ2n) is 7.06. The third-order valence-corrected chi connectivity index (χ3v) is 4.05. The van der Waals surface area contributed by atoms with E-state index >= 15 is 0 Å². The van der Waals surface area contributed by atoms with Gasteiger partial charge in [-0.15, -0.1) is 0 Å². The van der Waals surface area contributed by atoms with E-state index in [1.54, 1.807) is 0 Å². The number of amides is 1. The molecule has 0 radical (unpaired) electrons. The highest BCUT2D eigenvalue weighted by Gasteiger charge is 2.10. The van der Waals surface area contributed by atoms with Crippen LogP contribution in [0.1, 0.15) is 42.8 Å². The summed E-state index contributed by atoms with van der Waals surface area (Å²) in [5.74, 6) is 1.11. The van der Waals surface area contributed by atoms with E-state index in [1.165, 1.54) is 5.56 Å². The van der Waals surface area contributed by atoms with E-state index in [9.17, 15) is 4.79 Å². The zero-order valence-corrected chi connectivity index (χ0v) is 15.2. The molecule has 3 rings (SSSR count). The molecule has 0 atom stereocenters. The molecule has 1 aromatic heterocycles. The number of fused-ring (bicyclic) bond motifs is 1. The zero-order valence-electron chi connectivity index (χ0n) is 15.2. The van der Waals surface area contributed by atoms with Crippen molar-refractivity contribution in [2.24, 2.45) is 5.92 Å². The molecule has 3 aromatic rings. The van der Waals surface area contributed by atoms with Crippen LogP contribution < -0.4 is 5.32 Å². The van der Waals surface area contributed by atoms with E-state index in [-0.39, 0.29) is 5.91 Å². The number of oxazole rings is 1. The molecule has 1 amide bonds. The average Bonchev–Trinajstić information content (AvgIpc) is 2.91. The van der Waals surface area contributed by atoms with Gasteiger partial charge in [0.15, 0.2) is 11.5 Å². The van der Waals surface area contributed by atoms with Crippen molar-refractivity contribution in [2.75, 3.05) is 5.32 Å². The summed E-state index contributed by atoms with van der Waals surface area (Å²) in [6, 6.07) is 12.0. The van der Waals surface area contributed by atoms with Crippen molar-refractivity contribution >= 4 is 22.7 Å². The number of nitrogens with zero attached hydrogens (tertiary/aromatic N) is 1. The Morgan fingerprint density at radius 2 is 1.88 bits per heavy atom. The van der Waals surface area contributed by atoms with E-state index in [0.717, 1.165) is 27.9 Å². The van der Waals surface area contributed by atoms with Gasteiger partial charge in [-0.05, 0) is 54.7 Å². The van der Waals surface area contributed by atoms with Crippen LogP contribution in [0.4, 0.5) is 5.69 Å². The van der Waals surface area contributed by atoms with Gasteiger partial charge in [0.25, 0.3) is 0 Å². The first-order valence-electron chi connectivity index (χ1n) is 8.66. The van der Waals surface area contributed by atoms with Crippen molar-refractivity contribution < 1.29 is 9.21 Å². The van der Waals surface area contributed by atoms with Crippen LogP contribution in [0.2, 0.25) is 0 Å². The second kappa shape index (κ2) is 7.09. The van der Waals surface area contributed by atoms with Gasteiger partial charge >= 0.3 is 0 Å². The highest BCUT2D eigenvalue weighted by molar-refractivity contribution is 5.90. The maximum absolute atomic E-state index is 11.8. The quantitative estimate of drug-likeness (QED) is 0.712. The molecule has 0 spiro atoms. The molecule has 0 fully saturated rings. The summed E-state index contributed by atoms with van der Waals surface area (Å²) in [4.78, 5) is 16.4. The Morgan fingerprint density at radius 1 is 1.16 bits per heavy atom. The predicted octanol–water partition coefficient (Wildman–Crippen LogP) is 5.02. The minimum atomic E-state index is 0.0487. The van der Waals surface area contributed by atoms with Gasteiger partial charge in [0, 0.05) is 18.5 Å². The second-order valence-corrected chi connectivity index (χ2v) is 7.06. The highest BCUT2D eigenvalue weighted by Crippen LogP contribution is 2.23. The third-order valence-electron chi connectivity index (χ3n) is 4.05. The first kappa shape index (κ1) is 17.2. The fourth-order valence-electron chi connectivity index (χ4n) is 2.96. The molecule has 0 bridgehead atoms. The average molecular weight is 336 g/mol. The molecule has 0 aliphatic heterocycles. The first-order chi connectivity index (χ1) is 11.9. The van der Waals surface area contributed by atoms with Gasteiger partial charge in [0.1, 0.15) is 5.52 Å². The van der Waals surface area contributed by atoms with Gasteiger partial charge in [0.2, 0.25) is 5.91 Å². The van der Waals surface area contributed by atoms with Crippen molar-refractivity contribution in [3.05, 3.63) is 59.0 Å². The minimum Gasteiger partial charge on any atom is -0.440 e. The molecule has 0 saturated carbocycles. The highest BCUT2D eigenvalue weighted by atomic mass is 16.3. The molecule has 0 aliphatic carbocycles. The van der Waals surface area contributed by atoms with Crippen LogP contribution in [-0.4, -0.2) is 10.9 Å². The molecule has 4 nitrogen and oxygen atoms in total. The summed E-state index contributed by atoms with van der Waals surface area (Å²) in [5.41, 5.74) is 5.98. The predicted molar refractivity (Wildman–Crippen MR) is 101 cm³/mol. The topological polar surface area (TPSA) is 55.1 Å². The summed E-state index contributed by atoms with van der Waals surface area (Å²) in [6.07, 6.45) is 1.16. The number of aryl methyl sites for hydroxylation is 2.